The maximum atomic E-state index is 13.6. The summed E-state index contributed by atoms with van der Waals surface area (Å²) in [5, 5.41) is 32.5. The lowest BCUT2D eigenvalue weighted by Gasteiger charge is -2.14. The Labute approximate surface area is 511 Å². The number of amides is 2. The molecule has 25 nitrogen and oxygen atoms in total. The second-order valence-corrected chi connectivity index (χ2v) is 19.4. The smallest absolute Gasteiger partial charge is 0.521 e. The van der Waals surface area contributed by atoms with E-state index >= 15 is 0 Å². The topological polar surface area (TPSA) is 355 Å². The molecule has 0 saturated carbocycles. The van der Waals surface area contributed by atoms with Gasteiger partial charge in [0.1, 0.15) is 0 Å². The third kappa shape index (κ3) is 20.4. The van der Waals surface area contributed by atoms with E-state index < -0.39 is 51.8 Å². The summed E-state index contributed by atoms with van der Waals surface area (Å²) in [4.78, 5) is 78.0. The molecule has 6 aromatic heterocycles. The lowest BCUT2D eigenvalue weighted by atomic mass is 10.1. The van der Waals surface area contributed by atoms with Crippen LogP contribution < -0.4 is 31.1 Å². The van der Waals surface area contributed by atoms with Crippen molar-refractivity contribution < 1.29 is 82.7 Å². The van der Waals surface area contributed by atoms with Crippen LogP contribution in [-0.2, 0) is 30.8 Å². The van der Waals surface area contributed by atoms with Gasteiger partial charge in [0.2, 0.25) is 11.9 Å². The van der Waals surface area contributed by atoms with Gasteiger partial charge in [-0.05, 0) is 145 Å². The number of alkyl halides is 6. The number of carbonyl (C=O) groups excluding carboxylic acids is 2. The fourth-order valence-electron chi connectivity index (χ4n) is 7.75. The molecule has 4 aromatic carbocycles. The summed E-state index contributed by atoms with van der Waals surface area (Å²) in [5.41, 5.74) is 6.18. The van der Waals surface area contributed by atoms with E-state index in [9.17, 15) is 35.9 Å². The van der Waals surface area contributed by atoms with Crippen LogP contribution in [0, 0.1) is 27.7 Å². The monoisotopic (exact) mass is 1290 g/mol. The van der Waals surface area contributed by atoms with E-state index in [2.05, 4.69) is 70.5 Å². The molecule has 0 aliphatic heterocycles. The fourth-order valence-corrected chi connectivity index (χ4v) is 7.75. The zero-order chi connectivity index (χ0) is 65.7. The SMILES string of the molecule is CO.Cc1cn(-c2cc(NC(=O)c3ccc(C)c(Nc4nccc(-c5cccnc5)n4)c3)cc(C(F)(F)F)c2)cn1.Cc1cn(-c2cc(NC(=O)c3ccc(C)c(Nc4nccc(-c5cccnc5)n4)c3)cc(C(F)(F)F)c2)cn1.O=[P+]([O-])OO.O=[P+]([O-])OO.[HH].[HH]. The number of rotatable bonds is 14. The number of hydrogen-bond acceptors (Lipinski definition) is 21. The quantitative estimate of drug-likeness (QED) is 0.0230. The summed E-state index contributed by atoms with van der Waals surface area (Å²) in [6, 6.07) is 27.4. The van der Waals surface area contributed by atoms with E-state index in [0.717, 1.165) is 53.6 Å². The molecule has 2 amide bonds. The number of hydrogen-bond donors (Lipinski definition) is 7. The van der Waals surface area contributed by atoms with E-state index in [4.69, 9.17) is 34.5 Å². The Morgan fingerprint density at radius 1 is 0.544 bits per heavy atom. The lowest BCUT2D eigenvalue weighted by Crippen LogP contribution is -2.14. The molecule has 0 fully saturated rings. The minimum absolute atomic E-state index is 0. The lowest BCUT2D eigenvalue weighted by molar-refractivity contribution is -0.245. The van der Waals surface area contributed by atoms with Crippen molar-refractivity contribution in [2.45, 2.75) is 40.0 Å². The number of benzene rings is 4. The van der Waals surface area contributed by atoms with E-state index in [-0.39, 0.29) is 36.7 Å². The Bertz CT molecular complexity index is 3850. The third-order valence-corrected chi connectivity index (χ3v) is 12.1. The molecule has 6 heterocycles. The zero-order valence-corrected chi connectivity index (χ0v) is 49.2. The molecule has 90 heavy (non-hydrogen) atoms. The van der Waals surface area contributed by atoms with Gasteiger partial charge in [-0.2, -0.15) is 26.3 Å². The Morgan fingerprint density at radius 2 is 0.922 bits per heavy atom. The van der Waals surface area contributed by atoms with Crippen molar-refractivity contribution in [2.75, 3.05) is 28.4 Å². The predicted molar refractivity (Wildman–Crippen MR) is 317 cm³/mol. The van der Waals surface area contributed by atoms with Crippen LogP contribution in [0.1, 0.15) is 57.2 Å². The van der Waals surface area contributed by atoms with Crippen molar-refractivity contribution in [2.24, 2.45) is 0 Å². The summed E-state index contributed by atoms with van der Waals surface area (Å²) in [7, 11) is -5.09. The van der Waals surface area contributed by atoms with Crippen molar-refractivity contribution in [1.29, 1.82) is 0 Å². The predicted octanol–water partition coefficient (Wildman–Crippen LogP) is 11.8. The van der Waals surface area contributed by atoms with Crippen LogP contribution in [0.2, 0.25) is 0 Å². The molecule has 0 aliphatic rings. The van der Waals surface area contributed by atoms with Gasteiger partial charge in [0.05, 0.1) is 46.6 Å². The highest BCUT2D eigenvalue weighted by atomic mass is 31.1. The molecule has 0 radical (unpaired) electrons. The normalized spacial score (nSPS) is 11.1. The number of nitrogens with one attached hydrogen (secondary N) is 4. The van der Waals surface area contributed by atoms with Gasteiger partial charge in [-0.1, -0.05) is 12.1 Å². The maximum Gasteiger partial charge on any atom is 0.521 e. The van der Waals surface area contributed by atoms with Crippen LogP contribution >= 0.6 is 16.5 Å². The molecule has 0 saturated heterocycles. The molecule has 0 spiro atoms. The number of aliphatic hydroxyl groups excluding tert-OH is 1. The van der Waals surface area contributed by atoms with Gasteiger partial charge in [0.15, 0.2) is 0 Å². The molecule has 2 unspecified atom stereocenters. The number of aryl methyl sites for hydroxylation is 4. The van der Waals surface area contributed by atoms with Crippen LogP contribution in [0.4, 0.5) is 61.0 Å². The highest BCUT2D eigenvalue weighted by Crippen LogP contribution is 2.35. The van der Waals surface area contributed by atoms with Gasteiger partial charge in [0, 0.05) is 125 Å². The molecule has 0 bridgehead atoms. The minimum Gasteiger partial charge on any atom is -0.565 e. The van der Waals surface area contributed by atoms with E-state index in [1.807, 2.05) is 26.0 Å². The van der Waals surface area contributed by atoms with Gasteiger partial charge in [-0.15, -0.1) is 0 Å². The van der Waals surface area contributed by atoms with Crippen LogP contribution in [0.25, 0.3) is 33.9 Å². The fraction of sp³-hybridized carbons (Fsp3) is 0.123. The first-order valence-corrected chi connectivity index (χ1v) is 27.7. The number of aliphatic hydroxyl groups is 1. The molecular weight excluding hydrogens is 1230 g/mol. The number of anilines is 6. The molecule has 7 N–H and O–H groups in total. The van der Waals surface area contributed by atoms with E-state index in [0.29, 0.717) is 46.0 Å². The summed E-state index contributed by atoms with van der Waals surface area (Å²) in [6.45, 7) is 7.16. The van der Waals surface area contributed by atoms with Gasteiger partial charge >= 0.3 is 28.9 Å². The Morgan fingerprint density at radius 3 is 1.23 bits per heavy atom. The molecule has 0 aliphatic carbocycles. The Kier molecular flexibility index (Phi) is 24.6. The van der Waals surface area contributed by atoms with Crippen molar-refractivity contribution in [3.05, 3.63) is 216 Å². The standard InChI is InChI=1S/2C28H22F3N7O.CH4O.2HO4P.2H2/c2*1-17-5-6-19(10-25(17)37-27-33-9-7-24(36-27)20-4-3-8-32-14-20)26(39)35-22-11-21(28(29,30)31)12-23(13-22)38-15-18(2)34-16-38;1-2;2*1-4-5(2)3;;/h2*3-16H,1-2H3,(H,35,39)(H,33,36,37);2H,1H3;2*1H;2*1H. The molecule has 2 atom stereocenters. The molecule has 10 aromatic rings. The van der Waals surface area contributed by atoms with Gasteiger partial charge in [-0.25, -0.2) is 40.4 Å². The van der Waals surface area contributed by atoms with Crippen molar-refractivity contribution >= 4 is 63.0 Å². The number of pyridine rings is 2. The number of nitrogens with zero attached hydrogens (tertiary/aromatic N) is 10. The number of carbonyl (C=O) groups is 2. The zero-order valence-electron chi connectivity index (χ0n) is 47.4. The van der Waals surface area contributed by atoms with E-state index in [1.54, 1.807) is 124 Å². The van der Waals surface area contributed by atoms with E-state index in [1.165, 1.54) is 33.9 Å². The Hall–Kier alpha value is -10.2. The third-order valence-electron chi connectivity index (χ3n) is 11.9. The molecule has 33 heteroatoms. The van der Waals surface area contributed by atoms with Crippen LogP contribution in [0.3, 0.4) is 0 Å². The van der Waals surface area contributed by atoms with Crippen LogP contribution in [0.15, 0.2) is 171 Å². The first-order chi connectivity index (χ1) is 42.8. The number of halogens is 6. The molecular formula is C57H54F6N14O11P2. The summed E-state index contributed by atoms with van der Waals surface area (Å²) in [5.74, 6) is -0.518. The minimum atomic E-state index is -4.60. The van der Waals surface area contributed by atoms with Gasteiger partial charge < -0.3 is 45.3 Å². The average molecular weight is 1290 g/mol. The maximum absolute atomic E-state index is 13.6. The van der Waals surface area contributed by atoms with Crippen LogP contribution in [-0.4, -0.2) is 83.6 Å². The number of aromatic nitrogens is 10. The second kappa shape index (κ2) is 32.2. The van der Waals surface area contributed by atoms with Gasteiger partial charge in [0.25, 0.3) is 11.8 Å². The van der Waals surface area contributed by atoms with Crippen molar-refractivity contribution in [1.82, 2.24) is 49.0 Å². The molecule has 10 rings (SSSR count). The summed E-state index contributed by atoms with van der Waals surface area (Å²) < 4.78 is 108. The van der Waals surface area contributed by atoms with Crippen LogP contribution in [0.5, 0.6) is 0 Å². The summed E-state index contributed by atoms with van der Waals surface area (Å²) >= 11 is 0. The number of imidazole rings is 2. The van der Waals surface area contributed by atoms with Crippen molar-refractivity contribution in [3.8, 4) is 33.9 Å². The largest absolute Gasteiger partial charge is 0.565 e. The first-order valence-electron chi connectivity index (χ1n) is 25.5. The second-order valence-electron chi connectivity index (χ2n) is 18.2. The average Bonchev–Trinajstić information content (AvgIpc) is 1.41. The first kappa shape index (κ1) is 68.9. The Balaban J connectivity index is 0.000000328. The highest BCUT2D eigenvalue weighted by Gasteiger charge is 2.33. The van der Waals surface area contributed by atoms with Gasteiger partial charge in [-0.3, -0.25) is 19.6 Å². The van der Waals surface area contributed by atoms with Crippen molar-refractivity contribution in [3.63, 3.8) is 0 Å². The molecule has 470 valence electrons. The summed E-state index contributed by atoms with van der Waals surface area (Å²) in [6.07, 6.45) is 6.77. The highest BCUT2D eigenvalue weighted by molar-refractivity contribution is 7.30.